The Bertz CT molecular complexity index is 125. The lowest BCUT2D eigenvalue weighted by Crippen LogP contribution is -2.33. The number of hydrogen-bond donors (Lipinski definition) is 0. The van der Waals surface area contributed by atoms with Gasteiger partial charge in [-0.15, -0.1) is 0 Å². The molecule has 0 aliphatic rings. The molecule has 0 spiro atoms. The van der Waals surface area contributed by atoms with Crippen LogP contribution in [0.25, 0.3) is 0 Å². The highest BCUT2D eigenvalue weighted by Gasteiger charge is 2.12. The second-order valence-electron chi connectivity index (χ2n) is 4.56. The summed E-state index contributed by atoms with van der Waals surface area (Å²) in [6, 6.07) is 0. The van der Waals surface area contributed by atoms with Gasteiger partial charge in [-0.1, -0.05) is 50.0 Å². The van der Waals surface area contributed by atoms with Crippen LogP contribution < -0.4 is 0 Å². The first-order chi connectivity index (χ1) is 6.63. The van der Waals surface area contributed by atoms with E-state index in [1.165, 1.54) is 32.5 Å². The summed E-state index contributed by atoms with van der Waals surface area (Å²) in [7, 11) is 0. The summed E-state index contributed by atoms with van der Waals surface area (Å²) in [6.07, 6.45) is 2.65. The second kappa shape index (κ2) is 8.72. The first kappa shape index (κ1) is 14.4. The minimum Gasteiger partial charge on any atom is -0.303 e. The lowest BCUT2D eigenvalue weighted by molar-refractivity contribution is 0.221. The summed E-state index contributed by atoms with van der Waals surface area (Å²) < 4.78 is 0. The molecule has 0 amide bonds. The Morgan fingerprint density at radius 1 is 1.14 bits per heavy atom. The summed E-state index contributed by atoms with van der Waals surface area (Å²) in [6.45, 7) is 12.8. The van der Waals surface area contributed by atoms with Crippen LogP contribution in [0.1, 0.15) is 40.5 Å². The summed E-state index contributed by atoms with van der Waals surface area (Å²) in [5.41, 5.74) is 0. The van der Waals surface area contributed by atoms with Gasteiger partial charge in [0.1, 0.15) is 0 Å². The van der Waals surface area contributed by atoms with Crippen molar-refractivity contribution in [2.75, 3.05) is 25.0 Å². The molecule has 0 rings (SSSR count). The van der Waals surface area contributed by atoms with Gasteiger partial charge in [0.25, 0.3) is 0 Å². The minimum atomic E-state index is 0.785. The second-order valence-corrected chi connectivity index (χ2v) is 5.20. The molecule has 1 unspecified atom stereocenters. The van der Waals surface area contributed by atoms with Crippen LogP contribution in [0, 0.1) is 11.8 Å². The van der Waals surface area contributed by atoms with E-state index in [1.807, 2.05) is 0 Å². The fourth-order valence-corrected chi connectivity index (χ4v) is 2.37. The Labute approximate surface area is 98.4 Å². The lowest BCUT2D eigenvalue weighted by Gasteiger charge is -2.26. The number of halogens is 1. The minimum absolute atomic E-state index is 0.785. The van der Waals surface area contributed by atoms with Gasteiger partial charge in [0, 0.05) is 18.4 Å². The molecular formula is C12H26BrN. The van der Waals surface area contributed by atoms with Crippen LogP contribution in [0.3, 0.4) is 0 Å². The molecule has 0 aliphatic carbocycles. The van der Waals surface area contributed by atoms with Crippen molar-refractivity contribution in [3.8, 4) is 0 Å². The Morgan fingerprint density at radius 3 is 2.14 bits per heavy atom. The standard InChI is InChI=1S/C12H26BrN/c1-5-7-12(8-13)10-14(6-2)9-11(3)4/h11-12H,5-10H2,1-4H3. The van der Waals surface area contributed by atoms with Crippen molar-refractivity contribution in [3.05, 3.63) is 0 Å². The largest absolute Gasteiger partial charge is 0.303 e. The molecule has 0 saturated heterocycles. The van der Waals surface area contributed by atoms with E-state index >= 15 is 0 Å². The van der Waals surface area contributed by atoms with Gasteiger partial charge in [0.15, 0.2) is 0 Å². The topological polar surface area (TPSA) is 3.24 Å². The van der Waals surface area contributed by atoms with Crippen molar-refractivity contribution < 1.29 is 0 Å². The van der Waals surface area contributed by atoms with E-state index in [1.54, 1.807) is 0 Å². The Morgan fingerprint density at radius 2 is 1.79 bits per heavy atom. The zero-order chi connectivity index (χ0) is 11.0. The van der Waals surface area contributed by atoms with Crippen molar-refractivity contribution in [2.45, 2.75) is 40.5 Å². The average molecular weight is 264 g/mol. The third kappa shape index (κ3) is 6.83. The number of rotatable bonds is 8. The maximum atomic E-state index is 3.61. The van der Waals surface area contributed by atoms with E-state index < -0.39 is 0 Å². The fraction of sp³-hybridized carbons (Fsp3) is 1.00. The van der Waals surface area contributed by atoms with Crippen LogP contribution in [0.4, 0.5) is 0 Å². The lowest BCUT2D eigenvalue weighted by atomic mass is 10.0. The molecule has 0 aromatic rings. The van der Waals surface area contributed by atoms with Gasteiger partial charge < -0.3 is 4.90 Å². The first-order valence-corrected chi connectivity index (χ1v) is 7.04. The van der Waals surface area contributed by atoms with E-state index in [-0.39, 0.29) is 0 Å². The molecule has 0 bridgehead atoms. The SMILES string of the molecule is CCCC(CBr)CN(CC)CC(C)C. The molecule has 2 heteroatoms. The quantitative estimate of drug-likeness (QED) is 0.603. The Balaban J connectivity index is 3.87. The molecule has 0 aromatic carbocycles. The van der Waals surface area contributed by atoms with E-state index in [0.717, 1.165) is 17.2 Å². The highest BCUT2D eigenvalue weighted by atomic mass is 79.9. The fourth-order valence-electron chi connectivity index (χ4n) is 1.84. The zero-order valence-corrected chi connectivity index (χ0v) is 11.8. The molecule has 0 fully saturated rings. The molecule has 1 atom stereocenters. The molecule has 0 aromatic heterocycles. The van der Waals surface area contributed by atoms with Crippen LogP contribution in [0.15, 0.2) is 0 Å². The molecule has 0 radical (unpaired) electrons. The van der Waals surface area contributed by atoms with E-state index in [2.05, 4.69) is 48.5 Å². The highest BCUT2D eigenvalue weighted by Crippen LogP contribution is 2.12. The predicted molar refractivity (Wildman–Crippen MR) is 69.1 cm³/mol. The van der Waals surface area contributed by atoms with Gasteiger partial charge in [-0.3, -0.25) is 0 Å². The zero-order valence-electron chi connectivity index (χ0n) is 10.2. The smallest absolute Gasteiger partial charge is 0.00718 e. The van der Waals surface area contributed by atoms with E-state index in [9.17, 15) is 0 Å². The van der Waals surface area contributed by atoms with Gasteiger partial charge in [0.2, 0.25) is 0 Å². The first-order valence-electron chi connectivity index (χ1n) is 5.92. The molecule has 0 aliphatic heterocycles. The maximum absolute atomic E-state index is 3.61. The van der Waals surface area contributed by atoms with Gasteiger partial charge in [-0.25, -0.2) is 0 Å². The molecular weight excluding hydrogens is 238 g/mol. The van der Waals surface area contributed by atoms with Gasteiger partial charge in [-0.05, 0) is 24.8 Å². The van der Waals surface area contributed by atoms with Crippen molar-refractivity contribution in [2.24, 2.45) is 11.8 Å². The highest BCUT2D eigenvalue weighted by molar-refractivity contribution is 9.09. The normalized spacial score (nSPS) is 13.9. The Hall–Kier alpha value is 0.440. The van der Waals surface area contributed by atoms with Crippen LogP contribution in [-0.4, -0.2) is 29.9 Å². The summed E-state index contributed by atoms with van der Waals surface area (Å²) in [5, 5.41) is 1.15. The third-order valence-corrected chi connectivity index (χ3v) is 3.42. The van der Waals surface area contributed by atoms with Gasteiger partial charge in [0.05, 0.1) is 0 Å². The van der Waals surface area contributed by atoms with Crippen LogP contribution in [0.2, 0.25) is 0 Å². The number of alkyl halides is 1. The number of hydrogen-bond acceptors (Lipinski definition) is 1. The molecule has 14 heavy (non-hydrogen) atoms. The van der Waals surface area contributed by atoms with Crippen molar-refractivity contribution in [1.29, 1.82) is 0 Å². The monoisotopic (exact) mass is 263 g/mol. The van der Waals surface area contributed by atoms with Crippen LogP contribution in [0.5, 0.6) is 0 Å². The van der Waals surface area contributed by atoms with Gasteiger partial charge in [-0.2, -0.15) is 0 Å². The predicted octanol–water partition coefficient (Wildman–Crippen LogP) is 3.78. The van der Waals surface area contributed by atoms with Crippen molar-refractivity contribution >= 4 is 15.9 Å². The van der Waals surface area contributed by atoms with Crippen molar-refractivity contribution in [3.63, 3.8) is 0 Å². The molecule has 0 N–H and O–H groups in total. The molecule has 0 heterocycles. The summed E-state index contributed by atoms with van der Waals surface area (Å²) in [4.78, 5) is 2.58. The maximum Gasteiger partial charge on any atom is 0.00718 e. The van der Waals surface area contributed by atoms with Gasteiger partial charge >= 0.3 is 0 Å². The molecule has 0 saturated carbocycles. The summed E-state index contributed by atoms with van der Waals surface area (Å²) >= 11 is 3.61. The van der Waals surface area contributed by atoms with E-state index in [0.29, 0.717) is 0 Å². The summed E-state index contributed by atoms with van der Waals surface area (Å²) in [5.74, 6) is 1.62. The number of nitrogens with zero attached hydrogens (tertiary/aromatic N) is 1. The molecule has 86 valence electrons. The van der Waals surface area contributed by atoms with Crippen LogP contribution in [-0.2, 0) is 0 Å². The van der Waals surface area contributed by atoms with Crippen molar-refractivity contribution in [1.82, 2.24) is 4.90 Å². The molecule has 1 nitrogen and oxygen atoms in total. The Kier molecular flexibility index (Phi) is 9.00. The van der Waals surface area contributed by atoms with Crippen LogP contribution >= 0.6 is 15.9 Å². The van der Waals surface area contributed by atoms with E-state index in [4.69, 9.17) is 0 Å². The third-order valence-electron chi connectivity index (χ3n) is 2.50. The average Bonchev–Trinajstić information content (AvgIpc) is 2.15.